The summed E-state index contributed by atoms with van der Waals surface area (Å²) in [6, 6.07) is -0.718. The van der Waals surface area contributed by atoms with Gasteiger partial charge in [0.15, 0.2) is 6.29 Å². The highest BCUT2D eigenvalue weighted by Gasteiger charge is 2.44. The van der Waals surface area contributed by atoms with Gasteiger partial charge in [0.1, 0.15) is 24.4 Å². The van der Waals surface area contributed by atoms with Crippen molar-refractivity contribution in [3.05, 3.63) is 48.6 Å². The molecule has 9 nitrogen and oxygen atoms in total. The largest absolute Gasteiger partial charge is 0.394 e. The van der Waals surface area contributed by atoms with E-state index in [-0.39, 0.29) is 12.5 Å². The van der Waals surface area contributed by atoms with Crippen molar-refractivity contribution in [1.29, 1.82) is 0 Å². The van der Waals surface area contributed by atoms with E-state index in [2.05, 4.69) is 67.8 Å². The Bertz CT molecular complexity index is 1470. The van der Waals surface area contributed by atoms with Gasteiger partial charge in [-0.05, 0) is 51.4 Å². The Morgan fingerprint density at radius 3 is 1.10 bits per heavy atom. The number of hydrogen-bond acceptors (Lipinski definition) is 8. The summed E-state index contributed by atoms with van der Waals surface area (Å²) in [6.45, 7) is 3.78. The molecule has 494 valence electrons. The second-order valence-corrected chi connectivity index (χ2v) is 25.7. The second kappa shape index (κ2) is 64.1. The van der Waals surface area contributed by atoms with E-state index in [4.69, 9.17) is 9.47 Å². The Morgan fingerprint density at radius 2 is 0.738 bits per heavy atom. The Labute approximate surface area is 520 Å². The van der Waals surface area contributed by atoms with Crippen LogP contribution in [0.1, 0.15) is 367 Å². The van der Waals surface area contributed by atoms with Crippen molar-refractivity contribution in [3.63, 3.8) is 0 Å². The average molecular weight is 1180 g/mol. The van der Waals surface area contributed by atoms with Crippen LogP contribution >= 0.6 is 0 Å². The first-order chi connectivity index (χ1) is 41.3. The minimum absolute atomic E-state index is 0.133. The van der Waals surface area contributed by atoms with Gasteiger partial charge in [-0.1, -0.05) is 358 Å². The molecule has 0 aromatic carbocycles. The number of unbranched alkanes of at least 4 members (excludes halogenated alkanes) is 47. The summed E-state index contributed by atoms with van der Waals surface area (Å²) in [4.78, 5) is 13.2. The van der Waals surface area contributed by atoms with E-state index >= 15 is 0 Å². The van der Waals surface area contributed by atoms with Crippen molar-refractivity contribution in [1.82, 2.24) is 5.32 Å². The van der Waals surface area contributed by atoms with Gasteiger partial charge in [-0.25, -0.2) is 0 Å². The molecule has 1 heterocycles. The zero-order valence-electron chi connectivity index (χ0n) is 55.4. The van der Waals surface area contributed by atoms with Crippen molar-refractivity contribution < 1.29 is 39.8 Å². The third kappa shape index (κ3) is 52.1. The van der Waals surface area contributed by atoms with Gasteiger partial charge in [0.25, 0.3) is 0 Å². The third-order valence-electron chi connectivity index (χ3n) is 17.7. The van der Waals surface area contributed by atoms with Gasteiger partial charge in [0.05, 0.1) is 25.4 Å². The smallest absolute Gasteiger partial charge is 0.220 e. The molecule has 1 saturated heterocycles. The zero-order chi connectivity index (χ0) is 60.7. The quantitative estimate of drug-likeness (QED) is 0.0261. The number of nitrogens with one attached hydrogen (secondary N) is 1. The van der Waals surface area contributed by atoms with Gasteiger partial charge in [-0.2, -0.15) is 0 Å². The van der Waals surface area contributed by atoms with Crippen LogP contribution in [0, 0.1) is 0 Å². The van der Waals surface area contributed by atoms with Crippen LogP contribution in [0.2, 0.25) is 0 Å². The van der Waals surface area contributed by atoms with E-state index in [0.29, 0.717) is 12.8 Å². The lowest BCUT2D eigenvalue weighted by atomic mass is 9.99. The lowest BCUT2D eigenvalue weighted by molar-refractivity contribution is -0.302. The highest BCUT2D eigenvalue weighted by molar-refractivity contribution is 5.76. The summed E-state index contributed by atoms with van der Waals surface area (Å²) in [5.41, 5.74) is 0. The average Bonchev–Trinajstić information content (AvgIpc) is 3.70. The van der Waals surface area contributed by atoms with Crippen molar-refractivity contribution in [2.45, 2.75) is 410 Å². The van der Waals surface area contributed by atoms with Crippen LogP contribution in [0.15, 0.2) is 48.6 Å². The van der Waals surface area contributed by atoms with Gasteiger partial charge < -0.3 is 40.3 Å². The number of hydrogen-bond donors (Lipinski definition) is 6. The number of aliphatic hydroxyl groups excluding tert-OH is 5. The maximum atomic E-state index is 13.2. The Hall–Kier alpha value is -1.85. The lowest BCUT2D eigenvalue weighted by Crippen LogP contribution is -2.60. The molecule has 7 unspecified atom stereocenters. The normalized spacial score (nSPS) is 18.4. The Balaban J connectivity index is 2.04. The van der Waals surface area contributed by atoms with Crippen LogP contribution in [0.25, 0.3) is 0 Å². The molecule has 7 atom stereocenters. The van der Waals surface area contributed by atoms with Gasteiger partial charge in [-0.3, -0.25) is 4.79 Å². The minimum atomic E-state index is -1.55. The van der Waals surface area contributed by atoms with E-state index in [9.17, 15) is 30.3 Å². The fourth-order valence-electron chi connectivity index (χ4n) is 12.0. The summed E-state index contributed by atoms with van der Waals surface area (Å²) in [5.74, 6) is -0.136. The molecule has 0 spiro atoms. The predicted molar refractivity (Wildman–Crippen MR) is 359 cm³/mol. The zero-order valence-corrected chi connectivity index (χ0v) is 55.4. The topological polar surface area (TPSA) is 149 Å². The van der Waals surface area contributed by atoms with Gasteiger partial charge >= 0.3 is 0 Å². The molecule has 0 saturated carbocycles. The first-order valence-corrected chi connectivity index (χ1v) is 36.8. The standard InChI is InChI=1S/C75H141NO8/c1-3-5-7-9-11-13-15-17-19-21-23-25-27-28-29-30-31-32-33-34-35-36-37-38-39-40-41-42-43-45-47-49-51-53-55-57-59-61-63-65-71(79)76-68(67-83-75-74(82)73(81)72(80)70(66-77)84-75)69(78)64-62-60-58-56-54-52-50-48-46-44-26-24-22-20-18-16-14-12-10-8-6-4-2/h5,7,11,13,17,19,23,25,68-70,72-75,77-78,80-82H,3-4,6,8-10,12,14-16,18,20-22,24,26-67H2,1-2H3,(H,76,79)/b7-5-,13-11-,19-17-,25-23-. The highest BCUT2D eigenvalue weighted by atomic mass is 16.7. The summed E-state index contributed by atoms with van der Waals surface area (Å²) in [5, 5.41) is 55.0. The molecular weight excluding hydrogens is 1040 g/mol. The summed E-state index contributed by atoms with van der Waals surface area (Å²) in [6.07, 6.45) is 80.6. The number of carbonyl (C=O) groups excluding carboxylic acids is 1. The number of aliphatic hydroxyl groups is 5. The van der Waals surface area contributed by atoms with Crippen molar-refractivity contribution in [2.75, 3.05) is 13.2 Å². The summed E-state index contributed by atoms with van der Waals surface area (Å²) >= 11 is 0. The van der Waals surface area contributed by atoms with Crippen molar-refractivity contribution >= 4 is 5.91 Å². The number of allylic oxidation sites excluding steroid dienone is 8. The molecule has 84 heavy (non-hydrogen) atoms. The molecule has 1 rings (SSSR count). The monoisotopic (exact) mass is 1180 g/mol. The molecule has 1 aliphatic rings. The first kappa shape index (κ1) is 80.2. The maximum absolute atomic E-state index is 13.2. The number of amides is 1. The molecule has 0 aromatic rings. The van der Waals surface area contributed by atoms with Crippen molar-refractivity contribution in [2.24, 2.45) is 0 Å². The van der Waals surface area contributed by atoms with Crippen LogP contribution in [0.3, 0.4) is 0 Å². The van der Waals surface area contributed by atoms with Crippen LogP contribution in [-0.2, 0) is 14.3 Å². The van der Waals surface area contributed by atoms with E-state index in [1.807, 2.05) is 0 Å². The number of rotatable bonds is 65. The third-order valence-corrected chi connectivity index (χ3v) is 17.7. The fourth-order valence-corrected chi connectivity index (χ4v) is 12.0. The molecule has 6 N–H and O–H groups in total. The Morgan fingerprint density at radius 1 is 0.417 bits per heavy atom. The fraction of sp³-hybridized carbons (Fsp3) is 0.880. The van der Waals surface area contributed by atoms with Gasteiger partial charge in [-0.15, -0.1) is 0 Å². The number of carbonyl (C=O) groups is 1. The SMILES string of the molecule is CC/C=C\C/C=C\C/C=C\C/C=C\CCCCCCCCCCCCCCCCCCCCCCCCCCCCC(=O)NC(COC1OC(CO)C(O)C(O)C1O)C(O)CCCCCCCCCCCCCCCCCCCCCCCC. The summed E-state index contributed by atoms with van der Waals surface area (Å²) in [7, 11) is 0. The van der Waals surface area contributed by atoms with Crippen LogP contribution in [-0.4, -0.2) is 87.5 Å². The summed E-state index contributed by atoms with van der Waals surface area (Å²) < 4.78 is 11.4. The molecule has 0 bridgehead atoms. The van der Waals surface area contributed by atoms with Crippen LogP contribution in [0.4, 0.5) is 0 Å². The van der Waals surface area contributed by atoms with Crippen molar-refractivity contribution in [3.8, 4) is 0 Å². The molecule has 1 fully saturated rings. The van der Waals surface area contributed by atoms with Crippen LogP contribution < -0.4 is 5.32 Å². The van der Waals surface area contributed by atoms with E-state index in [1.165, 1.54) is 276 Å². The van der Waals surface area contributed by atoms with Gasteiger partial charge in [0, 0.05) is 6.42 Å². The highest BCUT2D eigenvalue weighted by Crippen LogP contribution is 2.24. The molecule has 1 amide bonds. The van der Waals surface area contributed by atoms with Crippen LogP contribution in [0.5, 0.6) is 0 Å². The minimum Gasteiger partial charge on any atom is -0.394 e. The lowest BCUT2D eigenvalue weighted by Gasteiger charge is -2.40. The molecule has 0 aromatic heterocycles. The predicted octanol–water partition coefficient (Wildman–Crippen LogP) is 20.4. The van der Waals surface area contributed by atoms with Gasteiger partial charge in [0.2, 0.25) is 5.91 Å². The molecular formula is C75H141NO8. The van der Waals surface area contributed by atoms with E-state index in [0.717, 1.165) is 64.2 Å². The van der Waals surface area contributed by atoms with E-state index < -0.39 is 49.5 Å². The molecule has 0 radical (unpaired) electrons. The first-order valence-electron chi connectivity index (χ1n) is 36.8. The molecule has 1 aliphatic heterocycles. The Kier molecular flexibility index (Phi) is 61.2. The maximum Gasteiger partial charge on any atom is 0.220 e. The second-order valence-electron chi connectivity index (χ2n) is 25.7. The van der Waals surface area contributed by atoms with E-state index in [1.54, 1.807) is 0 Å². The molecule has 9 heteroatoms. The number of ether oxygens (including phenoxy) is 2. The molecule has 0 aliphatic carbocycles.